The topological polar surface area (TPSA) is 113 Å². The van der Waals surface area contributed by atoms with E-state index in [4.69, 9.17) is 0 Å². The van der Waals surface area contributed by atoms with Gasteiger partial charge in [-0.1, -0.05) is 6.07 Å². The monoisotopic (exact) mass is 404 g/mol. The van der Waals surface area contributed by atoms with Crippen molar-refractivity contribution in [3.05, 3.63) is 40.7 Å². The summed E-state index contributed by atoms with van der Waals surface area (Å²) < 4.78 is 28.4. The number of aryl methyl sites for hydroxylation is 2. The number of aliphatic hydroxyl groups excluding tert-OH is 1. The smallest absolute Gasteiger partial charge is 0.333 e. The van der Waals surface area contributed by atoms with Gasteiger partial charge in [0, 0.05) is 11.9 Å². The van der Waals surface area contributed by atoms with Crippen molar-refractivity contribution in [2.45, 2.75) is 63.0 Å². The largest absolute Gasteiger partial charge is 0.391 e. The molecule has 8 nitrogen and oxygen atoms in total. The lowest BCUT2D eigenvalue weighted by Crippen LogP contribution is -2.34. The van der Waals surface area contributed by atoms with Crippen LogP contribution in [0.1, 0.15) is 42.0 Å². The van der Waals surface area contributed by atoms with Gasteiger partial charge in [0.1, 0.15) is 4.90 Å². The van der Waals surface area contributed by atoms with Crippen molar-refractivity contribution in [1.82, 2.24) is 14.5 Å². The van der Waals surface area contributed by atoms with Gasteiger partial charge in [0.25, 0.3) is 10.0 Å². The predicted molar refractivity (Wildman–Crippen MR) is 104 cm³/mol. The summed E-state index contributed by atoms with van der Waals surface area (Å²) in [5.41, 5.74) is 5.59. The molecule has 28 heavy (non-hydrogen) atoms. The maximum atomic E-state index is 12.5. The van der Waals surface area contributed by atoms with Gasteiger partial charge < -0.3 is 10.4 Å². The molecule has 0 saturated heterocycles. The van der Waals surface area contributed by atoms with Crippen molar-refractivity contribution in [1.29, 1.82) is 0 Å². The van der Waals surface area contributed by atoms with Crippen LogP contribution in [0.15, 0.2) is 23.4 Å². The Bertz CT molecular complexity index is 995. The quantitative estimate of drug-likeness (QED) is 0.703. The molecular weight excluding hydrogens is 380 g/mol. The molecule has 0 radical (unpaired) electrons. The highest BCUT2D eigenvalue weighted by molar-refractivity contribution is 7.90. The van der Waals surface area contributed by atoms with E-state index in [0.29, 0.717) is 0 Å². The molecule has 150 valence electrons. The number of aliphatic hydroxyl groups is 1. The van der Waals surface area contributed by atoms with E-state index in [-0.39, 0.29) is 11.4 Å². The molecule has 1 atom stereocenters. The third kappa shape index (κ3) is 3.64. The lowest BCUT2D eigenvalue weighted by Gasteiger charge is -2.16. The molecule has 2 amide bonds. The van der Waals surface area contributed by atoms with Crippen LogP contribution in [0, 0.1) is 0 Å². The highest BCUT2D eigenvalue weighted by atomic mass is 32.2. The van der Waals surface area contributed by atoms with Crippen molar-refractivity contribution in [3.8, 4) is 0 Å². The summed E-state index contributed by atoms with van der Waals surface area (Å²) in [5.74, 6) is 0. The Morgan fingerprint density at radius 2 is 1.86 bits per heavy atom. The Hall–Kier alpha value is -2.39. The molecule has 4 rings (SSSR count). The van der Waals surface area contributed by atoms with Crippen molar-refractivity contribution in [3.63, 3.8) is 0 Å². The van der Waals surface area contributed by atoms with Crippen LogP contribution in [0.3, 0.4) is 0 Å². The summed E-state index contributed by atoms with van der Waals surface area (Å²) in [6.45, 7) is 1.75. The average Bonchev–Trinajstić information content (AvgIpc) is 3.32. The molecule has 0 spiro atoms. The number of aromatic nitrogens is 2. The fraction of sp³-hybridized carbons (Fsp3) is 0.474. The van der Waals surface area contributed by atoms with Gasteiger partial charge in [-0.2, -0.15) is 5.10 Å². The van der Waals surface area contributed by atoms with E-state index >= 15 is 0 Å². The first-order valence-electron chi connectivity index (χ1n) is 9.54. The standard InChI is InChI=1S/C19H24N4O4S/c1-12(24)10-23-11-15(9-20-23)28(26,27)22-19(25)21-18-16-6-2-4-13(16)8-14-5-3-7-17(14)18/h8-9,11-12,24H,2-7,10H2,1H3,(H2,21,22,25). The molecule has 2 aromatic rings. The molecule has 1 aromatic heterocycles. The number of carbonyl (C=O) groups excluding carboxylic acids is 1. The number of anilines is 1. The second-order valence-electron chi connectivity index (χ2n) is 7.54. The Kier molecular flexibility index (Phi) is 4.88. The zero-order valence-corrected chi connectivity index (χ0v) is 16.6. The molecule has 1 aromatic carbocycles. The number of sulfonamides is 1. The highest BCUT2D eigenvalue weighted by Gasteiger charge is 2.26. The highest BCUT2D eigenvalue weighted by Crippen LogP contribution is 2.38. The van der Waals surface area contributed by atoms with Crippen molar-refractivity contribution < 1.29 is 18.3 Å². The summed E-state index contributed by atoms with van der Waals surface area (Å²) in [7, 11) is -4.05. The first-order chi connectivity index (χ1) is 13.3. The van der Waals surface area contributed by atoms with Gasteiger partial charge in [0.15, 0.2) is 0 Å². The van der Waals surface area contributed by atoms with Crippen LogP contribution in [0.25, 0.3) is 0 Å². The molecule has 0 fully saturated rings. The molecule has 1 unspecified atom stereocenters. The van der Waals surface area contributed by atoms with E-state index in [1.807, 2.05) is 0 Å². The maximum Gasteiger partial charge on any atom is 0.333 e. The van der Waals surface area contributed by atoms with E-state index in [1.54, 1.807) is 6.92 Å². The number of rotatable bonds is 5. The van der Waals surface area contributed by atoms with Gasteiger partial charge in [0.05, 0.1) is 18.8 Å². The minimum atomic E-state index is -4.05. The second-order valence-corrected chi connectivity index (χ2v) is 9.22. The normalized spacial score (nSPS) is 16.5. The summed E-state index contributed by atoms with van der Waals surface area (Å²) in [4.78, 5) is 12.4. The first kappa shape index (κ1) is 18.9. The van der Waals surface area contributed by atoms with Crippen LogP contribution >= 0.6 is 0 Å². The molecule has 3 N–H and O–H groups in total. The molecule has 0 aliphatic heterocycles. The zero-order valence-electron chi connectivity index (χ0n) is 15.7. The van der Waals surface area contributed by atoms with Crippen LogP contribution in [0.5, 0.6) is 0 Å². The van der Waals surface area contributed by atoms with Crippen LogP contribution in [0.2, 0.25) is 0 Å². The average molecular weight is 404 g/mol. The number of nitrogens with zero attached hydrogens (tertiary/aromatic N) is 2. The lowest BCUT2D eigenvalue weighted by molar-refractivity contribution is 0.168. The van der Waals surface area contributed by atoms with E-state index in [1.165, 1.54) is 22.0 Å². The van der Waals surface area contributed by atoms with Crippen molar-refractivity contribution in [2.24, 2.45) is 0 Å². The third-order valence-electron chi connectivity index (χ3n) is 5.31. The number of nitrogens with one attached hydrogen (secondary N) is 2. The van der Waals surface area contributed by atoms with Crippen LogP contribution < -0.4 is 10.0 Å². The number of benzene rings is 1. The van der Waals surface area contributed by atoms with Gasteiger partial charge in [-0.3, -0.25) is 4.68 Å². The van der Waals surface area contributed by atoms with Crippen molar-refractivity contribution >= 4 is 21.7 Å². The SMILES string of the molecule is CC(O)Cn1cc(S(=O)(=O)NC(=O)Nc2c3c(cc4c2CCC4)CCC3)cn1. The molecular formula is C19H24N4O4S. The van der Waals surface area contributed by atoms with Gasteiger partial charge in [-0.25, -0.2) is 17.9 Å². The maximum absolute atomic E-state index is 12.5. The Morgan fingerprint density at radius 1 is 1.21 bits per heavy atom. The molecule has 0 bridgehead atoms. The Morgan fingerprint density at radius 3 is 2.46 bits per heavy atom. The van der Waals surface area contributed by atoms with Gasteiger partial charge >= 0.3 is 6.03 Å². The number of hydrogen-bond acceptors (Lipinski definition) is 5. The van der Waals surface area contributed by atoms with Gasteiger partial charge in [-0.05, 0) is 67.7 Å². The second kappa shape index (κ2) is 7.21. The van der Waals surface area contributed by atoms with Crippen LogP contribution in [-0.4, -0.2) is 35.4 Å². The number of fused-ring (bicyclic) bond motifs is 2. The number of hydrogen-bond donors (Lipinski definition) is 3. The van der Waals surface area contributed by atoms with Crippen LogP contribution in [0.4, 0.5) is 10.5 Å². The molecule has 1 heterocycles. The van der Waals surface area contributed by atoms with Gasteiger partial charge in [-0.15, -0.1) is 0 Å². The lowest BCUT2D eigenvalue weighted by atomic mass is 9.99. The number of carbonyl (C=O) groups is 1. The summed E-state index contributed by atoms with van der Waals surface area (Å²) >= 11 is 0. The minimum Gasteiger partial charge on any atom is -0.391 e. The summed E-state index contributed by atoms with van der Waals surface area (Å²) in [5, 5.41) is 16.1. The minimum absolute atomic E-state index is 0.119. The van der Waals surface area contributed by atoms with E-state index in [2.05, 4.69) is 21.2 Å². The van der Waals surface area contributed by atoms with E-state index < -0.39 is 22.2 Å². The molecule has 9 heteroatoms. The Balaban J connectivity index is 1.53. The Labute approximate surface area is 164 Å². The summed E-state index contributed by atoms with van der Waals surface area (Å²) in [6.07, 6.45) is 7.70. The third-order valence-corrected chi connectivity index (χ3v) is 6.60. The molecule has 2 aliphatic rings. The fourth-order valence-corrected chi connectivity index (χ4v) is 5.00. The van der Waals surface area contributed by atoms with E-state index in [0.717, 1.165) is 61.5 Å². The fourth-order valence-electron chi connectivity index (χ4n) is 4.14. The molecule has 0 saturated carbocycles. The number of amides is 2. The van der Waals surface area contributed by atoms with Gasteiger partial charge in [0.2, 0.25) is 0 Å². The predicted octanol–water partition coefficient (Wildman–Crippen LogP) is 1.75. The number of urea groups is 1. The van der Waals surface area contributed by atoms with E-state index in [9.17, 15) is 18.3 Å². The van der Waals surface area contributed by atoms with Crippen molar-refractivity contribution in [2.75, 3.05) is 5.32 Å². The summed E-state index contributed by atoms with van der Waals surface area (Å²) in [6, 6.07) is 1.48. The molecule has 2 aliphatic carbocycles. The van der Waals surface area contributed by atoms with Crippen LogP contribution in [-0.2, 0) is 42.3 Å². The first-order valence-corrected chi connectivity index (χ1v) is 11.0. The zero-order chi connectivity index (χ0) is 19.9.